The molecule has 0 aromatic heterocycles. The first-order chi connectivity index (χ1) is 9.74. The molecule has 2 fully saturated rings. The van der Waals surface area contributed by atoms with E-state index in [9.17, 15) is 4.79 Å². The second-order valence-electron chi connectivity index (χ2n) is 7.35. The Hall–Kier alpha value is -1.05. The van der Waals surface area contributed by atoms with Gasteiger partial charge in [0.15, 0.2) is 0 Å². The molecule has 2 heterocycles. The van der Waals surface area contributed by atoms with E-state index in [0.29, 0.717) is 19.3 Å². The van der Waals surface area contributed by atoms with Crippen molar-refractivity contribution in [1.29, 1.82) is 0 Å². The maximum absolute atomic E-state index is 12.1. The van der Waals surface area contributed by atoms with Gasteiger partial charge in [0.1, 0.15) is 0 Å². The number of likely N-dealkylation sites (tertiary alicyclic amines) is 1. The molecule has 2 aliphatic rings. The van der Waals surface area contributed by atoms with Crippen LogP contribution < -0.4 is 0 Å². The highest BCUT2D eigenvalue weighted by Gasteiger charge is 2.43. The number of hydrogen-bond acceptors (Lipinski definition) is 3. The largest absolute Gasteiger partial charge is 0.378 e. The van der Waals surface area contributed by atoms with Gasteiger partial charge in [0.25, 0.3) is 5.91 Å². The summed E-state index contributed by atoms with van der Waals surface area (Å²) >= 11 is 0. The van der Waals surface area contributed by atoms with Crippen molar-refractivity contribution in [3.63, 3.8) is 0 Å². The van der Waals surface area contributed by atoms with Crippen molar-refractivity contribution >= 4 is 5.91 Å². The van der Waals surface area contributed by atoms with Gasteiger partial charge in [-0.2, -0.15) is 0 Å². The van der Waals surface area contributed by atoms with Crippen LogP contribution in [0.4, 0.5) is 0 Å². The van der Waals surface area contributed by atoms with Crippen molar-refractivity contribution < 1.29 is 9.53 Å². The first kappa shape index (κ1) is 16.3. The number of amides is 1. The second kappa shape index (κ2) is 5.98. The highest BCUT2D eigenvalue weighted by atomic mass is 16.5. The second-order valence-corrected chi connectivity index (χ2v) is 7.35. The molecule has 0 radical (unpaired) electrons. The third kappa shape index (κ3) is 3.59. The van der Waals surface area contributed by atoms with E-state index < -0.39 is 0 Å². The Balaban J connectivity index is 2.15. The van der Waals surface area contributed by atoms with Crippen molar-refractivity contribution in [2.24, 2.45) is 0 Å². The molecular formula is C17H28N2O2. The Morgan fingerprint density at radius 1 is 1.29 bits per heavy atom. The molecule has 0 saturated carbocycles. The Bertz CT molecular complexity index is 453. The first-order valence-electron chi connectivity index (χ1n) is 7.93. The number of carbonyl (C=O) groups is 1. The topological polar surface area (TPSA) is 32.8 Å². The zero-order valence-corrected chi connectivity index (χ0v) is 14.0. The van der Waals surface area contributed by atoms with Gasteiger partial charge < -0.3 is 9.64 Å². The van der Waals surface area contributed by atoms with Crippen LogP contribution in [0.5, 0.6) is 0 Å². The summed E-state index contributed by atoms with van der Waals surface area (Å²) < 4.78 is 5.66. The van der Waals surface area contributed by atoms with Crippen molar-refractivity contribution in [3.05, 3.63) is 0 Å². The van der Waals surface area contributed by atoms with Crippen LogP contribution in [0.1, 0.15) is 47.5 Å². The summed E-state index contributed by atoms with van der Waals surface area (Å²) in [5.41, 5.74) is -0.422. The molecule has 2 saturated heterocycles. The van der Waals surface area contributed by atoms with Crippen molar-refractivity contribution in [1.82, 2.24) is 9.80 Å². The minimum Gasteiger partial charge on any atom is -0.378 e. The maximum Gasteiger partial charge on any atom is 0.298 e. The number of ether oxygens (including phenoxy) is 1. The lowest BCUT2D eigenvalue weighted by Gasteiger charge is -2.52. The summed E-state index contributed by atoms with van der Waals surface area (Å²) in [5, 5.41) is 0. The zero-order chi connectivity index (χ0) is 15.7. The zero-order valence-electron chi connectivity index (χ0n) is 14.0. The lowest BCUT2D eigenvalue weighted by atomic mass is 9.90. The fourth-order valence-electron chi connectivity index (χ4n) is 3.79. The summed E-state index contributed by atoms with van der Waals surface area (Å²) in [4.78, 5) is 16.4. The minimum absolute atomic E-state index is 0.0284. The molecule has 0 bridgehead atoms. The fraction of sp³-hybridized carbons (Fsp3) is 0.824. The standard InChI is InChI=1S/C17H28N2O2/c1-14-12-21-13-17(4,5)19(14)16(2,3)9-8-15(20)18-10-6-7-11-18/h14H,6-7,10-13H2,1-5H3/t14-/m0/s1. The van der Waals surface area contributed by atoms with Gasteiger partial charge >= 0.3 is 0 Å². The normalized spacial score (nSPS) is 26.3. The van der Waals surface area contributed by atoms with Crippen LogP contribution in [0.15, 0.2) is 0 Å². The molecular weight excluding hydrogens is 264 g/mol. The van der Waals surface area contributed by atoms with Crippen molar-refractivity contribution in [3.8, 4) is 11.8 Å². The van der Waals surface area contributed by atoms with E-state index in [1.165, 1.54) is 0 Å². The molecule has 4 nitrogen and oxygen atoms in total. The van der Waals surface area contributed by atoms with E-state index in [2.05, 4.69) is 51.4 Å². The molecule has 0 aliphatic carbocycles. The van der Waals surface area contributed by atoms with Gasteiger partial charge in [-0.3, -0.25) is 9.69 Å². The van der Waals surface area contributed by atoms with Crippen LogP contribution in [0.25, 0.3) is 0 Å². The predicted octanol–water partition coefficient (Wildman–Crippen LogP) is 1.89. The molecule has 0 unspecified atom stereocenters. The highest BCUT2D eigenvalue weighted by molar-refractivity contribution is 5.93. The van der Waals surface area contributed by atoms with E-state index in [1.54, 1.807) is 0 Å². The Morgan fingerprint density at radius 3 is 2.48 bits per heavy atom. The average Bonchev–Trinajstić information content (AvgIpc) is 2.88. The summed E-state index contributed by atoms with van der Waals surface area (Å²) in [6.45, 7) is 13.8. The van der Waals surface area contributed by atoms with Gasteiger partial charge in [-0.05, 0) is 53.4 Å². The third-order valence-corrected chi connectivity index (χ3v) is 4.38. The molecule has 21 heavy (non-hydrogen) atoms. The molecule has 0 spiro atoms. The molecule has 1 amide bonds. The van der Waals surface area contributed by atoms with Gasteiger partial charge in [0.2, 0.25) is 0 Å². The van der Waals surface area contributed by atoms with E-state index in [-0.39, 0.29) is 17.0 Å². The van der Waals surface area contributed by atoms with Crippen LogP contribution in [-0.4, -0.2) is 59.1 Å². The van der Waals surface area contributed by atoms with Crippen LogP contribution >= 0.6 is 0 Å². The Kier molecular flexibility index (Phi) is 4.65. The van der Waals surface area contributed by atoms with E-state index in [0.717, 1.165) is 25.9 Å². The molecule has 2 rings (SSSR count). The van der Waals surface area contributed by atoms with Crippen molar-refractivity contribution in [2.75, 3.05) is 26.3 Å². The molecule has 118 valence electrons. The van der Waals surface area contributed by atoms with E-state index >= 15 is 0 Å². The van der Waals surface area contributed by atoms with Crippen LogP contribution in [0.2, 0.25) is 0 Å². The van der Waals surface area contributed by atoms with Crippen LogP contribution in [0, 0.1) is 11.8 Å². The molecule has 4 heteroatoms. The smallest absolute Gasteiger partial charge is 0.298 e. The highest BCUT2D eigenvalue weighted by Crippen LogP contribution is 2.31. The average molecular weight is 292 g/mol. The van der Waals surface area contributed by atoms with Gasteiger partial charge in [0, 0.05) is 24.7 Å². The number of nitrogens with zero attached hydrogens (tertiary/aromatic N) is 2. The van der Waals surface area contributed by atoms with Crippen LogP contribution in [-0.2, 0) is 9.53 Å². The number of rotatable bonds is 1. The summed E-state index contributed by atoms with van der Waals surface area (Å²) in [5.74, 6) is 6.07. The van der Waals surface area contributed by atoms with Gasteiger partial charge in [-0.1, -0.05) is 5.92 Å². The van der Waals surface area contributed by atoms with Gasteiger partial charge in [-0.25, -0.2) is 0 Å². The SMILES string of the molecule is C[C@H]1COCC(C)(C)N1C(C)(C)C#CC(=O)N1CCCC1. The van der Waals surface area contributed by atoms with Crippen LogP contribution in [0.3, 0.4) is 0 Å². The first-order valence-corrected chi connectivity index (χ1v) is 7.93. The van der Waals surface area contributed by atoms with Gasteiger partial charge in [0.05, 0.1) is 18.8 Å². The lowest BCUT2D eigenvalue weighted by molar-refractivity contribution is -0.124. The third-order valence-electron chi connectivity index (χ3n) is 4.38. The Morgan fingerprint density at radius 2 is 1.90 bits per heavy atom. The molecule has 2 aliphatic heterocycles. The van der Waals surface area contributed by atoms with Crippen molar-refractivity contribution in [2.45, 2.75) is 64.6 Å². The summed E-state index contributed by atoms with van der Waals surface area (Å²) in [6.07, 6.45) is 2.20. The monoisotopic (exact) mass is 292 g/mol. The molecule has 0 aromatic carbocycles. The maximum atomic E-state index is 12.1. The Labute approximate surface area is 128 Å². The number of carbonyl (C=O) groups excluding carboxylic acids is 1. The predicted molar refractivity (Wildman–Crippen MR) is 83.9 cm³/mol. The molecule has 0 N–H and O–H groups in total. The summed E-state index contributed by atoms with van der Waals surface area (Å²) in [7, 11) is 0. The number of morpholine rings is 1. The van der Waals surface area contributed by atoms with Gasteiger partial charge in [-0.15, -0.1) is 0 Å². The summed E-state index contributed by atoms with van der Waals surface area (Å²) in [6, 6.07) is 0.292. The lowest BCUT2D eigenvalue weighted by Crippen LogP contribution is -2.64. The van der Waals surface area contributed by atoms with E-state index in [1.807, 2.05) is 4.90 Å². The minimum atomic E-state index is -0.345. The van der Waals surface area contributed by atoms with E-state index in [4.69, 9.17) is 4.74 Å². The molecule has 0 aromatic rings. The number of hydrogen-bond donors (Lipinski definition) is 0. The molecule has 1 atom stereocenters. The quantitative estimate of drug-likeness (QED) is 0.692. The fourth-order valence-corrected chi connectivity index (χ4v) is 3.79.